The van der Waals surface area contributed by atoms with Gasteiger partial charge in [0, 0.05) is 30.0 Å². The Morgan fingerprint density at radius 2 is 2.06 bits per heavy atom. The first-order valence-corrected chi connectivity index (χ1v) is 12.4. The molecule has 0 aliphatic carbocycles. The summed E-state index contributed by atoms with van der Waals surface area (Å²) in [4.78, 5) is 56.0. The summed E-state index contributed by atoms with van der Waals surface area (Å²) in [6, 6.07) is 4.75. The fourth-order valence-electron chi connectivity index (χ4n) is 4.26. The quantitative estimate of drug-likeness (QED) is 0.591. The van der Waals surface area contributed by atoms with Crippen LogP contribution in [0.4, 0.5) is 4.79 Å². The molecule has 0 radical (unpaired) electrons. The molecule has 35 heavy (non-hydrogen) atoms. The molecule has 0 spiro atoms. The van der Waals surface area contributed by atoms with E-state index < -0.39 is 18.0 Å². The zero-order valence-corrected chi connectivity index (χ0v) is 21.2. The Kier molecular flexibility index (Phi) is 6.93. The van der Waals surface area contributed by atoms with E-state index in [2.05, 4.69) is 36.4 Å². The highest BCUT2D eigenvalue weighted by atomic mass is 32.1. The van der Waals surface area contributed by atoms with Gasteiger partial charge in [0.2, 0.25) is 11.8 Å². The van der Waals surface area contributed by atoms with E-state index in [0.717, 1.165) is 28.2 Å². The molecule has 2 aromatic rings. The van der Waals surface area contributed by atoms with Crippen LogP contribution in [-0.4, -0.2) is 39.7 Å². The van der Waals surface area contributed by atoms with E-state index in [0.29, 0.717) is 18.5 Å². The summed E-state index contributed by atoms with van der Waals surface area (Å²) >= 11 is 1.56. The van der Waals surface area contributed by atoms with Crippen LogP contribution in [0.3, 0.4) is 0 Å². The number of thiazole rings is 1. The Morgan fingerprint density at radius 1 is 1.29 bits per heavy atom. The number of aryl methyl sites for hydroxylation is 1. The second kappa shape index (κ2) is 9.77. The largest absolute Gasteiger partial charge is 0.442 e. The molecule has 4 rings (SSSR count). The van der Waals surface area contributed by atoms with E-state index in [4.69, 9.17) is 4.74 Å². The maximum Gasteiger partial charge on any atom is 0.407 e. The topological polar surface area (TPSA) is 118 Å². The number of benzene rings is 1. The Hall–Kier alpha value is -3.27. The van der Waals surface area contributed by atoms with Crippen molar-refractivity contribution in [3.63, 3.8) is 0 Å². The fraction of sp³-hybridized carbons (Fsp3) is 0.480. The number of hydrogen-bond donors (Lipinski definition) is 2. The number of amides is 4. The first kappa shape index (κ1) is 24.8. The predicted octanol–water partition coefficient (Wildman–Crippen LogP) is 3.23. The van der Waals surface area contributed by atoms with Gasteiger partial charge in [-0.15, -0.1) is 11.3 Å². The number of fused-ring (bicyclic) bond motifs is 1. The summed E-state index contributed by atoms with van der Waals surface area (Å²) < 4.78 is 5.33. The van der Waals surface area contributed by atoms with Crippen molar-refractivity contribution in [1.82, 2.24) is 20.5 Å². The van der Waals surface area contributed by atoms with Gasteiger partial charge < -0.3 is 15.0 Å². The second-order valence-corrected chi connectivity index (χ2v) is 11.3. The van der Waals surface area contributed by atoms with Crippen LogP contribution in [0, 0.1) is 12.3 Å². The van der Waals surface area contributed by atoms with Gasteiger partial charge in [0.1, 0.15) is 17.7 Å². The van der Waals surface area contributed by atoms with Gasteiger partial charge in [-0.2, -0.15) is 0 Å². The van der Waals surface area contributed by atoms with E-state index in [1.54, 1.807) is 17.4 Å². The average molecular weight is 499 g/mol. The minimum Gasteiger partial charge on any atom is -0.442 e. The van der Waals surface area contributed by atoms with Crippen LogP contribution in [0.15, 0.2) is 18.2 Å². The average Bonchev–Trinajstić information content (AvgIpc) is 3.28. The molecule has 1 fully saturated rings. The fourth-order valence-corrected chi connectivity index (χ4v) is 5.54. The number of ether oxygens (including phenoxy) is 1. The highest BCUT2D eigenvalue weighted by molar-refractivity contribution is 7.11. The van der Waals surface area contributed by atoms with Gasteiger partial charge in [0.15, 0.2) is 0 Å². The van der Waals surface area contributed by atoms with Crippen molar-refractivity contribution in [2.75, 3.05) is 0 Å². The molecule has 10 heteroatoms. The molecule has 186 valence electrons. The van der Waals surface area contributed by atoms with Gasteiger partial charge in [-0.1, -0.05) is 32.9 Å². The van der Waals surface area contributed by atoms with Crippen LogP contribution in [0.2, 0.25) is 0 Å². The second-order valence-electron chi connectivity index (χ2n) is 10.2. The van der Waals surface area contributed by atoms with Crippen LogP contribution < -0.4 is 10.6 Å². The Labute approximate surface area is 208 Å². The molecule has 0 saturated carbocycles. The number of nitrogens with zero attached hydrogens (tertiary/aromatic N) is 2. The van der Waals surface area contributed by atoms with Gasteiger partial charge in [-0.05, 0) is 42.4 Å². The molecule has 1 saturated heterocycles. The molecule has 2 N–H and O–H groups in total. The number of rotatable bonds is 6. The van der Waals surface area contributed by atoms with E-state index in [1.807, 2.05) is 19.1 Å². The zero-order chi connectivity index (χ0) is 25.3. The van der Waals surface area contributed by atoms with Gasteiger partial charge in [-0.3, -0.25) is 19.7 Å². The molecule has 1 unspecified atom stereocenters. The summed E-state index contributed by atoms with van der Waals surface area (Å²) in [6.45, 7) is 9.12. The van der Waals surface area contributed by atoms with E-state index in [1.165, 1.54) is 9.78 Å². The first-order valence-electron chi connectivity index (χ1n) is 11.6. The molecular formula is C25H30N4O5S. The van der Waals surface area contributed by atoms with Crippen LogP contribution in [0.1, 0.15) is 70.7 Å². The maximum absolute atomic E-state index is 12.9. The molecule has 0 bridgehead atoms. The zero-order valence-electron chi connectivity index (χ0n) is 20.4. The number of imide groups is 1. The van der Waals surface area contributed by atoms with Crippen molar-refractivity contribution < 1.29 is 23.9 Å². The van der Waals surface area contributed by atoms with E-state index >= 15 is 0 Å². The third-order valence-electron chi connectivity index (χ3n) is 5.98. The van der Waals surface area contributed by atoms with Crippen molar-refractivity contribution in [2.45, 2.75) is 72.7 Å². The molecule has 1 atom stereocenters. The van der Waals surface area contributed by atoms with Crippen molar-refractivity contribution in [1.29, 1.82) is 0 Å². The molecule has 2 aliphatic heterocycles. The summed E-state index contributed by atoms with van der Waals surface area (Å²) in [7, 11) is 0. The van der Waals surface area contributed by atoms with Crippen molar-refractivity contribution in [2.24, 2.45) is 5.41 Å². The molecule has 9 nitrogen and oxygen atoms in total. The van der Waals surface area contributed by atoms with Crippen LogP contribution in [0.5, 0.6) is 0 Å². The lowest BCUT2D eigenvalue weighted by atomic mass is 9.91. The molecule has 3 heterocycles. The van der Waals surface area contributed by atoms with Crippen LogP contribution in [0.25, 0.3) is 0 Å². The highest BCUT2D eigenvalue weighted by Crippen LogP contribution is 2.29. The van der Waals surface area contributed by atoms with Crippen LogP contribution in [-0.2, 0) is 40.4 Å². The highest BCUT2D eigenvalue weighted by Gasteiger charge is 2.39. The lowest BCUT2D eigenvalue weighted by Crippen LogP contribution is -2.52. The molecule has 4 amide bonds. The Bertz CT molecular complexity index is 1180. The van der Waals surface area contributed by atoms with Gasteiger partial charge in [-0.25, -0.2) is 9.78 Å². The Balaban J connectivity index is 1.30. The summed E-state index contributed by atoms with van der Waals surface area (Å²) in [6.07, 6.45) is 0.890. The number of aromatic nitrogens is 1. The van der Waals surface area contributed by atoms with Crippen molar-refractivity contribution in [3.8, 4) is 0 Å². The van der Waals surface area contributed by atoms with Gasteiger partial charge in [0.05, 0.1) is 5.69 Å². The minimum atomic E-state index is -0.650. The molecule has 1 aromatic heterocycles. The molecular weight excluding hydrogens is 468 g/mol. The monoisotopic (exact) mass is 498 g/mol. The predicted molar refractivity (Wildman–Crippen MR) is 130 cm³/mol. The molecule has 1 aromatic carbocycles. The lowest BCUT2D eigenvalue weighted by molar-refractivity contribution is -0.136. The SMILES string of the molecule is Cc1nc(COC(=O)NCc2ccc3c(c2)C(=O)N(C2CCC(=O)NC2=O)C3)sc1CC(C)(C)C. The molecule has 2 aliphatic rings. The number of alkyl carbamates (subject to hydrolysis) is 1. The summed E-state index contributed by atoms with van der Waals surface area (Å²) in [5.41, 5.74) is 3.20. The number of nitrogens with one attached hydrogen (secondary N) is 2. The normalized spacial score (nSPS) is 17.9. The van der Waals surface area contributed by atoms with E-state index in [9.17, 15) is 19.2 Å². The smallest absolute Gasteiger partial charge is 0.407 e. The van der Waals surface area contributed by atoms with Gasteiger partial charge >= 0.3 is 6.09 Å². The number of carbonyl (C=O) groups is 4. The number of piperidine rings is 1. The number of carbonyl (C=O) groups excluding carboxylic acids is 4. The van der Waals surface area contributed by atoms with Gasteiger partial charge in [0.25, 0.3) is 5.91 Å². The van der Waals surface area contributed by atoms with Crippen molar-refractivity contribution >= 4 is 35.2 Å². The Morgan fingerprint density at radius 3 is 2.77 bits per heavy atom. The number of hydrogen-bond acceptors (Lipinski definition) is 7. The minimum absolute atomic E-state index is 0.102. The first-order chi connectivity index (χ1) is 16.5. The maximum atomic E-state index is 12.9. The van der Waals surface area contributed by atoms with Crippen LogP contribution >= 0.6 is 11.3 Å². The summed E-state index contributed by atoms with van der Waals surface area (Å²) in [5, 5.41) is 5.77. The lowest BCUT2D eigenvalue weighted by Gasteiger charge is -2.29. The third kappa shape index (κ3) is 5.87. The van der Waals surface area contributed by atoms with E-state index in [-0.39, 0.29) is 36.8 Å². The van der Waals surface area contributed by atoms with Crippen molar-refractivity contribution in [3.05, 3.63) is 50.5 Å². The summed E-state index contributed by atoms with van der Waals surface area (Å²) in [5.74, 6) is -0.997. The third-order valence-corrected chi connectivity index (χ3v) is 7.11. The standard InChI is InChI=1S/C25H30N4O5S/c1-14-19(10-25(2,3)4)35-21(27-14)13-34-24(33)26-11-15-5-6-16-12-29(23(32)17(16)9-15)18-7-8-20(30)28-22(18)31/h5-6,9,18H,7-8,10-13H2,1-4H3,(H,26,33)(H,28,30,31).